The average Bonchev–Trinajstić information content (AvgIpc) is 2.53. The van der Waals surface area contributed by atoms with Crippen LogP contribution in [0.15, 0.2) is 0 Å². The summed E-state index contributed by atoms with van der Waals surface area (Å²) < 4.78 is 5.82. The zero-order valence-corrected chi connectivity index (χ0v) is 14.8. The zero-order chi connectivity index (χ0) is 16.1. The lowest BCUT2D eigenvalue weighted by molar-refractivity contribution is -0.141. The third-order valence-corrected chi connectivity index (χ3v) is 5.11. The van der Waals surface area contributed by atoms with E-state index in [-0.39, 0.29) is 18.1 Å². The van der Waals surface area contributed by atoms with Crippen molar-refractivity contribution in [3.8, 4) is 0 Å². The molecule has 2 atom stereocenters. The molecule has 1 aliphatic heterocycles. The van der Waals surface area contributed by atoms with Crippen molar-refractivity contribution in [1.29, 1.82) is 0 Å². The molecular formula is C17H33N3O2. The van der Waals surface area contributed by atoms with Gasteiger partial charge in [0.05, 0.1) is 18.8 Å². The van der Waals surface area contributed by atoms with Gasteiger partial charge in [-0.05, 0) is 33.9 Å². The molecular weight excluding hydrogens is 278 g/mol. The summed E-state index contributed by atoms with van der Waals surface area (Å²) in [6.45, 7) is 5.40. The second kappa shape index (κ2) is 8.27. The topological polar surface area (TPSA) is 36.0 Å². The highest BCUT2D eigenvalue weighted by molar-refractivity contribution is 5.81. The van der Waals surface area contributed by atoms with Gasteiger partial charge in [-0.2, -0.15) is 0 Å². The zero-order valence-electron chi connectivity index (χ0n) is 14.8. The molecule has 0 unspecified atom stereocenters. The number of morpholine rings is 1. The number of hydrogen-bond donors (Lipinski definition) is 0. The standard InChI is InChI=1S/C17H33N3O2/c1-14(17(21)19(4)15-8-6-5-7-9-15)20-10-11-22-16(13-20)12-18(2)3/h14-16H,5-13H2,1-4H3/t14-,16-/m0/s1. The van der Waals surface area contributed by atoms with Crippen molar-refractivity contribution in [2.24, 2.45) is 0 Å². The summed E-state index contributed by atoms with van der Waals surface area (Å²) in [5.74, 6) is 0.275. The van der Waals surface area contributed by atoms with Crippen molar-refractivity contribution in [2.45, 2.75) is 57.2 Å². The number of rotatable bonds is 5. The molecule has 5 heteroatoms. The van der Waals surface area contributed by atoms with Gasteiger partial charge in [-0.1, -0.05) is 19.3 Å². The fourth-order valence-electron chi connectivity index (χ4n) is 3.71. The minimum absolute atomic E-state index is 0.0412. The molecule has 0 aromatic heterocycles. The van der Waals surface area contributed by atoms with E-state index in [9.17, 15) is 4.79 Å². The Morgan fingerprint density at radius 1 is 1.23 bits per heavy atom. The lowest BCUT2D eigenvalue weighted by atomic mass is 9.94. The maximum atomic E-state index is 12.8. The minimum atomic E-state index is -0.0412. The SMILES string of the molecule is C[C@@H](C(=O)N(C)C1CCCCC1)N1CCO[C@@H](CN(C)C)C1. The molecule has 0 aromatic rings. The predicted octanol–water partition coefficient (Wildman–Crippen LogP) is 1.43. The highest BCUT2D eigenvalue weighted by atomic mass is 16.5. The van der Waals surface area contributed by atoms with Gasteiger partial charge in [-0.15, -0.1) is 0 Å². The second-order valence-electron chi connectivity index (χ2n) is 7.17. The van der Waals surface area contributed by atoms with Crippen LogP contribution in [0.1, 0.15) is 39.0 Å². The van der Waals surface area contributed by atoms with Crippen molar-refractivity contribution < 1.29 is 9.53 Å². The number of amides is 1. The lowest BCUT2D eigenvalue weighted by Crippen LogP contribution is -2.55. The van der Waals surface area contributed by atoms with Crippen LogP contribution >= 0.6 is 0 Å². The van der Waals surface area contributed by atoms with Crippen LogP contribution in [-0.2, 0) is 9.53 Å². The molecule has 0 spiro atoms. The summed E-state index contributed by atoms with van der Waals surface area (Å²) in [4.78, 5) is 19.3. The van der Waals surface area contributed by atoms with Gasteiger partial charge >= 0.3 is 0 Å². The Bertz CT molecular complexity index is 356. The molecule has 1 saturated heterocycles. The van der Waals surface area contributed by atoms with Gasteiger partial charge in [0.1, 0.15) is 0 Å². The van der Waals surface area contributed by atoms with E-state index >= 15 is 0 Å². The first kappa shape index (κ1) is 17.7. The maximum Gasteiger partial charge on any atom is 0.239 e. The molecule has 1 heterocycles. The third-order valence-electron chi connectivity index (χ3n) is 5.11. The van der Waals surface area contributed by atoms with Gasteiger partial charge in [-0.25, -0.2) is 0 Å². The summed E-state index contributed by atoms with van der Waals surface area (Å²) >= 11 is 0. The summed E-state index contributed by atoms with van der Waals surface area (Å²) in [5, 5.41) is 0. The number of ether oxygens (including phenoxy) is 1. The number of hydrogen-bond acceptors (Lipinski definition) is 4. The van der Waals surface area contributed by atoms with E-state index in [0.717, 1.165) is 26.2 Å². The Labute approximate surface area is 135 Å². The van der Waals surface area contributed by atoms with E-state index in [4.69, 9.17) is 4.74 Å². The molecule has 2 rings (SSSR count). The van der Waals surface area contributed by atoms with E-state index < -0.39 is 0 Å². The number of likely N-dealkylation sites (N-methyl/N-ethyl adjacent to an activating group) is 2. The van der Waals surface area contributed by atoms with E-state index in [0.29, 0.717) is 6.04 Å². The largest absolute Gasteiger partial charge is 0.374 e. The van der Waals surface area contributed by atoms with Crippen LogP contribution in [-0.4, -0.2) is 86.2 Å². The molecule has 0 aromatic carbocycles. The van der Waals surface area contributed by atoms with Crippen LogP contribution in [0.2, 0.25) is 0 Å². The Morgan fingerprint density at radius 3 is 2.55 bits per heavy atom. The molecule has 1 aliphatic carbocycles. The van der Waals surface area contributed by atoms with Gasteiger partial charge in [0.25, 0.3) is 0 Å². The highest BCUT2D eigenvalue weighted by Crippen LogP contribution is 2.23. The number of nitrogens with zero attached hydrogens (tertiary/aromatic N) is 3. The summed E-state index contributed by atoms with van der Waals surface area (Å²) in [5.41, 5.74) is 0. The Kier molecular flexibility index (Phi) is 6.66. The van der Waals surface area contributed by atoms with Gasteiger partial charge in [-0.3, -0.25) is 9.69 Å². The summed E-state index contributed by atoms with van der Waals surface area (Å²) in [6.07, 6.45) is 6.39. The van der Waals surface area contributed by atoms with E-state index in [1.54, 1.807) is 0 Å². The predicted molar refractivity (Wildman–Crippen MR) is 89.0 cm³/mol. The third kappa shape index (κ3) is 4.67. The van der Waals surface area contributed by atoms with E-state index in [1.165, 1.54) is 32.1 Å². The minimum Gasteiger partial charge on any atom is -0.374 e. The van der Waals surface area contributed by atoms with Crippen LogP contribution in [0.25, 0.3) is 0 Å². The number of carbonyl (C=O) groups excluding carboxylic acids is 1. The van der Waals surface area contributed by atoms with Gasteiger partial charge < -0.3 is 14.5 Å². The molecule has 0 radical (unpaired) electrons. The highest BCUT2D eigenvalue weighted by Gasteiger charge is 2.32. The fraction of sp³-hybridized carbons (Fsp3) is 0.941. The Morgan fingerprint density at radius 2 is 1.91 bits per heavy atom. The molecule has 5 nitrogen and oxygen atoms in total. The van der Waals surface area contributed by atoms with Gasteiger partial charge in [0.2, 0.25) is 5.91 Å². The van der Waals surface area contributed by atoms with Gasteiger partial charge in [0.15, 0.2) is 0 Å². The molecule has 22 heavy (non-hydrogen) atoms. The molecule has 1 saturated carbocycles. The smallest absolute Gasteiger partial charge is 0.239 e. The first-order chi connectivity index (χ1) is 10.5. The van der Waals surface area contributed by atoms with Crippen molar-refractivity contribution >= 4 is 5.91 Å². The second-order valence-corrected chi connectivity index (χ2v) is 7.17. The van der Waals surface area contributed by atoms with Crippen LogP contribution in [0.3, 0.4) is 0 Å². The Balaban J connectivity index is 1.88. The average molecular weight is 311 g/mol. The molecule has 128 valence electrons. The molecule has 1 amide bonds. The normalized spacial score (nSPS) is 26.1. The molecule has 0 bridgehead atoms. The van der Waals surface area contributed by atoms with Crippen LogP contribution in [0, 0.1) is 0 Å². The Hall–Kier alpha value is -0.650. The summed E-state index contributed by atoms with van der Waals surface area (Å²) in [7, 11) is 6.12. The molecule has 2 aliphatic rings. The van der Waals surface area contributed by atoms with Crippen LogP contribution in [0.5, 0.6) is 0 Å². The fourth-order valence-corrected chi connectivity index (χ4v) is 3.71. The van der Waals surface area contributed by atoms with Crippen LogP contribution in [0.4, 0.5) is 0 Å². The van der Waals surface area contributed by atoms with Crippen molar-refractivity contribution in [3.63, 3.8) is 0 Å². The van der Waals surface area contributed by atoms with Crippen molar-refractivity contribution in [1.82, 2.24) is 14.7 Å². The van der Waals surface area contributed by atoms with Crippen molar-refractivity contribution in [3.05, 3.63) is 0 Å². The van der Waals surface area contributed by atoms with Crippen molar-refractivity contribution in [2.75, 3.05) is 47.4 Å². The molecule has 2 fully saturated rings. The lowest BCUT2D eigenvalue weighted by Gasteiger charge is -2.40. The van der Waals surface area contributed by atoms with E-state index in [2.05, 4.69) is 30.8 Å². The summed E-state index contributed by atoms with van der Waals surface area (Å²) in [6, 6.07) is 0.405. The molecule has 0 N–H and O–H groups in total. The quantitative estimate of drug-likeness (QED) is 0.769. The van der Waals surface area contributed by atoms with Gasteiger partial charge in [0, 0.05) is 32.7 Å². The monoisotopic (exact) mass is 311 g/mol. The number of carbonyl (C=O) groups is 1. The first-order valence-corrected chi connectivity index (χ1v) is 8.76. The maximum absolute atomic E-state index is 12.8. The van der Waals surface area contributed by atoms with Crippen LogP contribution < -0.4 is 0 Å². The first-order valence-electron chi connectivity index (χ1n) is 8.76. The van der Waals surface area contributed by atoms with E-state index in [1.807, 2.05) is 11.9 Å².